The minimum atomic E-state index is 0.194. The molecule has 4 heteroatoms. The lowest BCUT2D eigenvalue weighted by molar-refractivity contribution is 0.128. The van der Waals surface area contributed by atoms with Crippen LogP contribution in [0.15, 0.2) is 18.3 Å². The molecule has 1 rings (SSSR count). The van der Waals surface area contributed by atoms with Crippen molar-refractivity contribution in [2.45, 2.75) is 39.5 Å². The van der Waals surface area contributed by atoms with Gasteiger partial charge in [0.15, 0.2) is 0 Å². The zero-order chi connectivity index (χ0) is 12.7. The summed E-state index contributed by atoms with van der Waals surface area (Å²) in [5, 5.41) is 6.59. The second kappa shape index (κ2) is 7.25. The number of nitrogens with zero attached hydrogens (tertiary/aromatic N) is 1. The Morgan fingerprint density at radius 2 is 2.06 bits per heavy atom. The first-order valence-corrected chi connectivity index (χ1v) is 6.06. The largest absolute Gasteiger partial charge is 0.380 e. The van der Waals surface area contributed by atoms with E-state index in [0.29, 0.717) is 6.04 Å². The van der Waals surface area contributed by atoms with Gasteiger partial charge in [0.05, 0.1) is 6.10 Å². The summed E-state index contributed by atoms with van der Waals surface area (Å²) < 4.78 is 5.16. The molecular weight excluding hydrogens is 214 g/mol. The van der Waals surface area contributed by atoms with Crippen molar-refractivity contribution in [2.75, 3.05) is 19.0 Å². The maximum Gasteiger partial charge on any atom is 0.125 e. The van der Waals surface area contributed by atoms with Gasteiger partial charge in [-0.3, -0.25) is 0 Å². The molecule has 96 valence electrons. The topological polar surface area (TPSA) is 46.2 Å². The van der Waals surface area contributed by atoms with E-state index in [1.165, 1.54) is 5.56 Å². The molecule has 0 aliphatic heterocycles. The highest BCUT2D eigenvalue weighted by Crippen LogP contribution is 2.05. The summed E-state index contributed by atoms with van der Waals surface area (Å²) in [6.07, 6.45) is 2.09. The second-order valence-corrected chi connectivity index (χ2v) is 4.51. The van der Waals surface area contributed by atoms with Crippen LogP contribution < -0.4 is 10.6 Å². The van der Waals surface area contributed by atoms with E-state index in [1.54, 1.807) is 7.11 Å². The van der Waals surface area contributed by atoms with E-state index < -0.39 is 0 Å². The fraction of sp³-hybridized carbons (Fsp3) is 0.615. The zero-order valence-electron chi connectivity index (χ0n) is 11.2. The van der Waals surface area contributed by atoms with Gasteiger partial charge in [0.2, 0.25) is 0 Å². The number of anilines is 1. The third kappa shape index (κ3) is 5.65. The molecule has 0 saturated heterocycles. The molecule has 1 heterocycles. The van der Waals surface area contributed by atoms with Crippen LogP contribution in [0.25, 0.3) is 0 Å². The summed E-state index contributed by atoms with van der Waals surface area (Å²) >= 11 is 0. The van der Waals surface area contributed by atoms with E-state index in [4.69, 9.17) is 4.74 Å². The molecule has 0 radical (unpaired) electrons. The maximum absolute atomic E-state index is 5.16. The lowest BCUT2D eigenvalue weighted by Gasteiger charge is -2.12. The normalized spacial score (nSPS) is 12.8. The number of methoxy groups -OCH3 is 1. The minimum absolute atomic E-state index is 0.194. The Labute approximate surface area is 104 Å². The smallest absolute Gasteiger partial charge is 0.125 e. The molecule has 0 aliphatic carbocycles. The number of pyridine rings is 1. The first kappa shape index (κ1) is 13.9. The first-order chi connectivity index (χ1) is 8.11. The third-order valence-electron chi connectivity index (χ3n) is 2.51. The molecule has 0 aliphatic rings. The lowest BCUT2D eigenvalue weighted by atomic mass is 10.2. The van der Waals surface area contributed by atoms with Gasteiger partial charge < -0.3 is 15.4 Å². The average molecular weight is 237 g/mol. The van der Waals surface area contributed by atoms with E-state index in [1.807, 2.05) is 19.2 Å². The molecule has 0 aromatic carbocycles. The fourth-order valence-corrected chi connectivity index (χ4v) is 1.29. The molecule has 0 bridgehead atoms. The van der Waals surface area contributed by atoms with Crippen LogP contribution in [-0.4, -0.2) is 30.8 Å². The van der Waals surface area contributed by atoms with Crippen molar-refractivity contribution in [3.05, 3.63) is 23.9 Å². The number of aromatic nitrogens is 1. The highest BCUT2D eigenvalue weighted by molar-refractivity contribution is 5.35. The zero-order valence-corrected chi connectivity index (χ0v) is 11.2. The Bertz CT molecular complexity index is 311. The fourth-order valence-electron chi connectivity index (χ4n) is 1.29. The summed E-state index contributed by atoms with van der Waals surface area (Å²) in [7, 11) is 1.71. The van der Waals surface area contributed by atoms with Crippen molar-refractivity contribution in [2.24, 2.45) is 0 Å². The van der Waals surface area contributed by atoms with Crippen LogP contribution in [0.1, 0.15) is 26.3 Å². The van der Waals surface area contributed by atoms with Gasteiger partial charge in [-0.25, -0.2) is 4.98 Å². The molecule has 0 spiro atoms. The Hall–Kier alpha value is -1.13. The van der Waals surface area contributed by atoms with Crippen molar-refractivity contribution < 1.29 is 4.74 Å². The van der Waals surface area contributed by atoms with Crippen LogP contribution >= 0.6 is 0 Å². The van der Waals surface area contributed by atoms with Crippen molar-refractivity contribution in [1.29, 1.82) is 0 Å². The molecule has 2 N–H and O–H groups in total. The highest BCUT2D eigenvalue weighted by Gasteiger charge is 2.00. The van der Waals surface area contributed by atoms with Crippen molar-refractivity contribution in [1.82, 2.24) is 10.3 Å². The van der Waals surface area contributed by atoms with Gasteiger partial charge in [0.25, 0.3) is 0 Å². The van der Waals surface area contributed by atoms with Crippen molar-refractivity contribution >= 4 is 5.82 Å². The number of rotatable bonds is 7. The first-order valence-electron chi connectivity index (χ1n) is 6.06. The van der Waals surface area contributed by atoms with Crippen molar-refractivity contribution in [3.63, 3.8) is 0 Å². The van der Waals surface area contributed by atoms with Gasteiger partial charge in [0.1, 0.15) is 5.82 Å². The Balaban J connectivity index is 2.39. The standard InChI is InChI=1S/C13H23N3O/c1-10(2)14-8-12-5-6-13(16-9-12)15-7-11(3)17-4/h5-6,9-11,14H,7-8H2,1-4H3,(H,15,16). The van der Waals surface area contributed by atoms with Gasteiger partial charge in [-0.1, -0.05) is 19.9 Å². The number of hydrogen-bond acceptors (Lipinski definition) is 4. The number of hydrogen-bond donors (Lipinski definition) is 2. The maximum atomic E-state index is 5.16. The summed E-state index contributed by atoms with van der Waals surface area (Å²) in [4.78, 5) is 4.36. The number of ether oxygens (including phenoxy) is 1. The molecule has 17 heavy (non-hydrogen) atoms. The second-order valence-electron chi connectivity index (χ2n) is 4.51. The molecule has 1 aromatic rings. The van der Waals surface area contributed by atoms with Gasteiger partial charge in [0, 0.05) is 32.4 Å². The predicted molar refractivity (Wildman–Crippen MR) is 71.2 cm³/mol. The number of nitrogens with one attached hydrogen (secondary N) is 2. The Kier molecular flexibility index (Phi) is 5.94. The van der Waals surface area contributed by atoms with E-state index in [0.717, 1.165) is 18.9 Å². The van der Waals surface area contributed by atoms with E-state index in [9.17, 15) is 0 Å². The summed E-state index contributed by atoms with van der Waals surface area (Å²) in [5.41, 5.74) is 1.20. The Morgan fingerprint density at radius 3 is 2.59 bits per heavy atom. The quantitative estimate of drug-likeness (QED) is 0.761. The molecular formula is C13H23N3O. The highest BCUT2D eigenvalue weighted by atomic mass is 16.5. The molecule has 1 atom stereocenters. The summed E-state index contributed by atoms with van der Waals surface area (Å²) in [5.74, 6) is 0.891. The van der Waals surface area contributed by atoms with Gasteiger partial charge in [-0.05, 0) is 18.6 Å². The van der Waals surface area contributed by atoms with E-state index >= 15 is 0 Å². The average Bonchev–Trinajstić information content (AvgIpc) is 2.34. The third-order valence-corrected chi connectivity index (χ3v) is 2.51. The molecule has 0 amide bonds. The Morgan fingerprint density at radius 1 is 1.29 bits per heavy atom. The molecule has 0 fully saturated rings. The SMILES string of the molecule is COC(C)CNc1ccc(CNC(C)C)cn1. The minimum Gasteiger partial charge on any atom is -0.380 e. The predicted octanol–water partition coefficient (Wildman–Crippen LogP) is 2.03. The van der Waals surface area contributed by atoms with Crippen molar-refractivity contribution in [3.8, 4) is 0 Å². The van der Waals surface area contributed by atoms with Crippen LogP contribution in [0.5, 0.6) is 0 Å². The lowest BCUT2D eigenvalue weighted by Crippen LogP contribution is -2.22. The van der Waals surface area contributed by atoms with Crippen LogP contribution in [0, 0.1) is 0 Å². The monoisotopic (exact) mass is 237 g/mol. The molecule has 1 aromatic heterocycles. The molecule has 0 saturated carbocycles. The van der Waals surface area contributed by atoms with Gasteiger partial charge >= 0.3 is 0 Å². The van der Waals surface area contributed by atoms with E-state index in [-0.39, 0.29) is 6.10 Å². The van der Waals surface area contributed by atoms with Crippen LogP contribution in [0.4, 0.5) is 5.82 Å². The van der Waals surface area contributed by atoms with Gasteiger partial charge in [-0.2, -0.15) is 0 Å². The van der Waals surface area contributed by atoms with Crippen LogP contribution in [0.2, 0.25) is 0 Å². The van der Waals surface area contributed by atoms with E-state index in [2.05, 4.69) is 35.5 Å². The molecule has 4 nitrogen and oxygen atoms in total. The summed E-state index contributed by atoms with van der Waals surface area (Å²) in [6.45, 7) is 7.92. The summed E-state index contributed by atoms with van der Waals surface area (Å²) in [6, 6.07) is 4.58. The van der Waals surface area contributed by atoms with Crippen LogP contribution in [0.3, 0.4) is 0 Å². The molecule has 1 unspecified atom stereocenters. The van der Waals surface area contributed by atoms with Gasteiger partial charge in [-0.15, -0.1) is 0 Å². The van der Waals surface area contributed by atoms with Crippen LogP contribution in [-0.2, 0) is 11.3 Å².